The van der Waals surface area contributed by atoms with Crippen LogP contribution in [0, 0.1) is 6.92 Å². The summed E-state index contributed by atoms with van der Waals surface area (Å²) in [5, 5.41) is 5.06. The standard InChI is InChI=1S/C20H28N2/c1-14-8-7-11-17-15(13-21-16-9-5-6-10-16)12-18(20(2,3)4)22-19(14)17/h7-8,11-12,16,21H,5-6,9-10,13H2,1-4H3. The molecule has 0 saturated heterocycles. The van der Waals surface area contributed by atoms with Crippen LogP contribution in [-0.4, -0.2) is 11.0 Å². The molecule has 2 aromatic rings. The van der Waals surface area contributed by atoms with Gasteiger partial charge in [-0.15, -0.1) is 0 Å². The fraction of sp³-hybridized carbons (Fsp3) is 0.550. The Morgan fingerprint density at radius 3 is 2.59 bits per heavy atom. The van der Waals surface area contributed by atoms with E-state index in [4.69, 9.17) is 4.98 Å². The van der Waals surface area contributed by atoms with Gasteiger partial charge >= 0.3 is 0 Å². The van der Waals surface area contributed by atoms with Gasteiger partial charge in [0.25, 0.3) is 0 Å². The number of pyridine rings is 1. The van der Waals surface area contributed by atoms with Gasteiger partial charge in [-0.3, -0.25) is 4.98 Å². The molecule has 2 heteroatoms. The number of nitrogens with one attached hydrogen (secondary N) is 1. The number of benzene rings is 1. The molecule has 1 saturated carbocycles. The Morgan fingerprint density at radius 1 is 1.18 bits per heavy atom. The van der Waals surface area contributed by atoms with Gasteiger partial charge < -0.3 is 5.32 Å². The molecule has 1 aromatic carbocycles. The van der Waals surface area contributed by atoms with Crippen LogP contribution in [0.3, 0.4) is 0 Å². The molecule has 0 aliphatic heterocycles. The van der Waals surface area contributed by atoms with Crippen molar-refractivity contribution in [2.45, 2.75) is 71.4 Å². The Labute approximate surface area is 134 Å². The van der Waals surface area contributed by atoms with Crippen LogP contribution in [0.25, 0.3) is 10.9 Å². The van der Waals surface area contributed by atoms with Crippen molar-refractivity contribution in [1.29, 1.82) is 0 Å². The third-order valence-corrected chi connectivity index (χ3v) is 4.83. The summed E-state index contributed by atoms with van der Waals surface area (Å²) in [5.41, 5.74) is 5.10. The maximum Gasteiger partial charge on any atom is 0.0737 e. The van der Waals surface area contributed by atoms with Gasteiger partial charge in [0.1, 0.15) is 0 Å². The molecule has 118 valence electrons. The molecule has 0 amide bonds. The summed E-state index contributed by atoms with van der Waals surface area (Å²) in [4.78, 5) is 4.96. The smallest absolute Gasteiger partial charge is 0.0737 e. The Kier molecular flexibility index (Phi) is 4.22. The predicted molar refractivity (Wildman–Crippen MR) is 94.3 cm³/mol. The van der Waals surface area contributed by atoms with Crippen LogP contribution in [0.5, 0.6) is 0 Å². The van der Waals surface area contributed by atoms with Crippen molar-refractivity contribution in [3.05, 3.63) is 41.1 Å². The molecule has 22 heavy (non-hydrogen) atoms. The first-order valence-corrected chi connectivity index (χ1v) is 8.58. The Morgan fingerprint density at radius 2 is 1.91 bits per heavy atom. The van der Waals surface area contributed by atoms with Gasteiger partial charge in [-0.1, -0.05) is 51.8 Å². The van der Waals surface area contributed by atoms with E-state index >= 15 is 0 Å². The molecule has 3 rings (SSSR count). The molecule has 0 unspecified atom stereocenters. The summed E-state index contributed by atoms with van der Waals surface area (Å²) in [6.45, 7) is 9.85. The van der Waals surface area contributed by atoms with Gasteiger partial charge in [0.15, 0.2) is 0 Å². The van der Waals surface area contributed by atoms with Crippen LogP contribution in [0.15, 0.2) is 24.3 Å². The van der Waals surface area contributed by atoms with Crippen LogP contribution < -0.4 is 5.32 Å². The third-order valence-electron chi connectivity index (χ3n) is 4.83. The van der Waals surface area contributed by atoms with E-state index in [0.29, 0.717) is 6.04 Å². The number of rotatable bonds is 3. The van der Waals surface area contributed by atoms with Gasteiger partial charge in [-0.2, -0.15) is 0 Å². The molecule has 0 spiro atoms. The second-order valence-corrected chi connectivity index (χ2v) is 7.75. The van der Waals surface area contributed by atoms with Crippen LogP contribution >= 0.6 is 0 Å². The summed E-state index contributed by atoms with van der Waals surface area (Å²) >= 11 is 0. The predicted octanol–water partition coefficient (Wildman–Crippen LogP) is 4.87. The molecule has 1 heterocycles. The Bertz CT molecular complexity index is 661. The number of aromatic nitrogens is 1. The van der Waals surface area contributed by atoms with Gasteiger partial charge in [-0.25, -0.2) is 0 Å². The molecule has 1 fully saturated rings. The minimum Gasteiger partial charge on any atom is -0.310 e. The molecule has 0 radical (unpaired) electrons. The first-order valence-electron chi connectivity index (χ1n) is 8.58. The normalized spacial score (nSPS) is 16.5. The van der Waals surface area contributed by atoms with Crippen molar-refractivity contribution >= 4 is 10.9 Å². The lowest BCUT2D eigenvalue weighted by molar-refractivity contribution is 0.523. The van der Waals surface area contributed by atoms with Crippen molar-refractivity contribution < 1.29 is 0 Å². The highest BCUT2D eigenvalue weighted by molar-refractivity contribution is 5.85. The van der Waals surface area contributed by atoms with Crippen molar-refractivity contribution in [3.8, 4) is 0 Å². The van der Waals surface area contributed by atoms with Gasteiger partial charge in [-0.05, 0) is 37.0 Å². The first kappa shape index (κ1) is 15.5. The number of aryl methyl sites for hydroxylation is 1. The maximum absolute atomic E-state index is 4.96. The molecular formula is C20H28N2. The zero-order valence-corrected chi connectivity index (χ0v) is 14.4. The van der Waals surface area contributed by atoms with Crippen LogP contribution in [0.2, 0.25) is 0 Å². The highest BCUT2D eigenvalue weighted by Gasteiger charge is 2.19. The average molecular weight is 296 g/mol. The molecule has 0 atom stereocenters. The van der Waals surface area contributed by atoms with E-state index in [2.05, 4.69) is 57.3 Å². The lowest BCUT2D eigenvalue weighted by atomic mass is 9.89. The minimum absolute atomic E-state index is 0.0819. The maximum atomic E-state index is 4.96. The SMILES string of the molecule is Cc1cccc2c(CNC3CCCC3)cc(C(C)(C)C)nc12. The topological polar surface area (TPSA) is 24.9 Å². The number of fused-ring (bicyclic) bond motifs is 1. The van der Waals surface area contributed by atoms with Crippen LogP contribution in [-0.2, 0) is 12.0 Å². The van der Waals surface area contributed by atoms with E-state index in [1.807, 2.05) is 0 Å². The third kappa shape index (κ3) is 3.17. The van der Waals surface area contributed by atoms with Crippen molar-refractivity contribution in [1.82, 2.24) is 10.3 Å². The summed E-state index contributed by atoms with van der Waals surface area (Å²) in [6, 6.07) is 9.54. The molecule has 1 aliphatic carbocycles. The van der Waals surface area contributed by atoms with Crippen molar-refractivity contribution in [3.63, 3.8) is 0 Å². The monoisotopic (exact) mass is 296 g/mol. The summed E-state index contributed by atoms with van der Waals surface area (Å²) in [5.74, 6) is 0. The van der Waals surface area contributed by atoms with Crippen molar-refractivity contribution in [2.24, 2.45) is 0 Å². The fourth-order valence-corrected chi connectivity index (χ4v) is 3.38. The van der Waals surface area contributed by atoms with E-state index in [-0.39, 0.29) is 5.41 Å². The average Bonchev–Trinajstić information content (AvgIpc) is 2.97. The quantitative estimate of drug-likeness (QED) is 0.873. The fourth-order valence-electron chi connectivity index (χ4n) is 3.38. The second kappa shape index (κ2) is 6.00. The zero-order chi connectivity index (χ0) is 15.7. The molecule has 1 N–H and O–H groups in total. The lowest BCUT2D eigenvalue weighted by Gasteiger charge is -2.21. The highest BCUT2D eigenvalue weighted by atomic mass is 14.9. The Hall–Kier alpha value is -1.41. The molecule has 0 bridgehead atoms. The largest absolute Gasteiger partial charge is 0.310 e. The summed E-state index contributed by atoms with van der Waals surface area (Å²) < 4.78 is 0. The second-order valence-electron chi connectivity index (χ2n) is 7.75. The van der Waals surface area contributed by atoms with Crippen LogP contribution in [0.4, 0.5) is 0 Å². The summed E-state index contributed by atoms with van der Waals surface area (Å²) in [7, 11) is 0. The van der Waals surface area contributed by atoms with E-state index < -0.39 is 0 Å². The molecule has 1 aromatic heterocycles. The van der Waals surface area contributed by atoms with E-state index in [1.165, 1.54) is 47.9 Å². The lowest BCUT2D eigenvalue weighted by Crippen LogP contribution is -2.26. The first-order chi connectivity index (χ1) is 10.4. The van der Waals surface area contributed by atoms with Crippen LogP contribution in [0.1, 0.15) is 63.3 Å². The number of hydrogen-bond acceptors (Lipinski definition) is 2. The number of para-hydroxylation sites is 1. The highest BCUT2D eigenvalue weighted by Crippen LogP contribution is 2.28. The van der Waals surface area contributed by atoms with E-state index in [9.17, 15) is 0 Å². The number of hydrogen-bond donors (Lipinski definition) is 1. The minimum atomic E-state index is 0.0819. The number of nitrogens with zero attached hydrogens (tertiary/aromatic N) is 1. The van der Waals surface area contributed by atoms with Gasteiger partial charge in [0.2, 0.25) is 0 Å². The van der Waals surface area contributed by atoms with Gasteiger partial charge in [0, 0.05) is 29.1 Å². The van der Waals surface area contributed by atoms with E-state index in [1.54, 1.807) is 0 Å². The van der Waals surface area contributed by atoms with Crippen molar-refractivity contribution in [2.75, 3.05) is 0 Å². The zero-order valence-electron chi connectivity index (χ0n) is 14.4. The van der Waals surface area contributed by atoms with Gasteiger partial charge in [0.05, 0.1) is 5.52 Å². The molecular weight excluding hydrogens is 268 g/mol. The van der Waals surface area contributed by atoms with E-state index in [0.717, 1.165) is 12.1 Å². The Balaban J connectivity index is 2.00. The summed E-state index contributed by atoms with van der Waals surface area (Å²) in [6.07, 6.45) is 5.41. The molecule has 2 nitrogen and oxygen atoms in total. The molecule has 1 aliphatic rings.